The van der Waals surface area contributed by atoms with Gasteiger partial charge in [0.1, 0.15) is 0 Å². The van der Waals surface area contributed by atoms with Gasteiger partial charge in [-0.1, -0.05) is 47.9 Å². The Bertz CT molecular complexity index is 1100. The number of aromatic nitrogens is 1. The zero-order valence-electron chi connectivity index (χ0n) is 16.3. The van der Waals surface area contributed by atoms with Crippen LogP contribution in [0.5, 0.6) is 0 Å². The molecule has 2 aromatic carbocycles. The summed E-state index contributed by atoms with van der Waals surface area (Å²) in [6.45, 7) is 8.70. The molecule has 0 saturated heterocycles. The van der Waals surface area contributed by atoms with E-state index in [1.165, 1.54) is 22.5 Å². The second-order valence-corrected chi connectivity index (χ2v) is 7.90. The van der Waals surface area contributed by atoms with Gasteiger partial charge in [-0.05, 0) is 61.6 Å². The standard InChI is InChI=1S/C23H24N2OS/c1-6-10-25-20-9-8-18(7-2)13-21(20)27-23(25)24-22(26)14-19-16(4)11-15(3)12-17(19)5/h1,8-9,11-13H,7,10,14H2,2-5H3. The van der Waals surface area contributed by atoms with Crippen LogP contribution in [0.25, 0.3) is 10.2 Å². The van der Waals surface area contributed by atoms with Crippen LogP contribution >= 0.6 is 11.3 Å². The van der Waals surface area contributed by atoms with E-state index >= 15 is 0 Å². The second kappa shape index (κ2) is 7.94. The van der Waals surface area contributed by atoms with E-state index in [1.807, 2.05) is 18.4 Å². The first-order chi connectivity index (χ1) is 12.9. The number of carbonyl (C=O) groups is 1. The minimum absolute atomic E-state index is 0.141. The van der Waals surface area contributed by atoms with E-state index in [-0.39, 0.29) is 5.91 Å². The van der Waals surface area contributed by atoms with Crippen LogP contribution in [0.3, 0.4) is 0 Å². The van der Waals surface area contributed by atoms with E-state index in [0.717, 1.165) is 33.3 Å². The van der Waals surface area contributed by atoms with Crippen LogP contribution in [-0.4, -0.2) is 10.5 Å². The molecule has 0 atom stereocenters. The van der Waals surface area contributed by atoms with E-state index in [1.54, 1.807) is 0 Å². The van der Waals surface area contributed by atoms with Crippen molar-refractivity contribution in [1.29, 1.82) is 0 Å². The van der Waals surface area contributed by atoms with E-state index in [2.05, 4.69) is 55.1 Å². The molecule has 0 radical (unpaired) electrons. The summed E-state index contributed by atoms with van der Waals surface area (Å²) in [4.78, 5) is 17.8. The van der Waals surface area contributed by atoms with Gasteiger partial charge in [0.2, 0.25) is 0 Å². The topological polar surface area (TPSA) is 34.4 Å². The average molecular weight is 377 g/mol. The monoisotopic (exact) mass is 376 g/mol. The minimum atomic E-state index is -0.141. The Balaban J connectivity index is 2.03. The average Bonchev–Trinajstić information content (AvgIpc) is 2.94. The van der Waals surface area contributed by atoms with Gasteiger partial charge in [-0.3, -0.25) is 4.79 Å². The molecule has 138 valence electrons. The maximum Gasteiger partial charge on any atom is 0.252 e. The molecule has 3 rings (SSSR count). The molecule has 27 heavy (non-hydrogen) atoms. The number of benzene rings is 2. The predicted molar refractivity (Wildman–Crippen MR) is 113 cm³/mol. The quantitative estimate of drug-likeness (QED) is 0.618. The summed E-state index contributed by atoms with van der Waals surface area (Å²) in [6, 6.07) is 10.6. The van der Waals surface area contributed by atoms with Crippen molar-refractivity contribution in [3.63, 3.8) is 0 Å². The fraction of sp³-hybridized carbons (Fsp3) is 0.304. The zero-order valence-corrected chi connectivity index (χ0v) is 17.1. The molecule has 3 aromatic rings. The van der Waals surface area contributed by atoms with Crippen molar-refractivity contribution < 1.29 is 4.79 Å². The number of hydrogen-bond donors (Lipinski definition) is 0. The first-order valence-electron chi connectivity index (χ1n) is 9.13. The molecule has 0 aliphatic rings. The third-order valence-corrected chi connectivity index (χ3v) is 5.83. The molecule has 0 aliphatic heterocycles. The maximum atomic E-state index is 12.7. The number of thiazole rings is 1. The molecule has 0 spiro atoms. The SMILES string of the molecule is C#CCn1c(=NC(=O)Cc2c(C)cc(C)cc2C)sc2cc(CC)ccc21. The molecular weight excluding hydrogens is 352 g/mol. The Morgan fingerprint density at radius 3 is 2.52 bits per heavy atom. The maximum absolute atomic E-state index is 12.7. The van der Waals surface area contributed by atoms with Gasteiger partial charge in [-0.25, -0.2) is 0 Å². The smallest absolute Gasteiger partial charge is 0.252 e. The minimum Gasteiger partial charge on any atom is -0.305 e. The van der Waals surface area contributed by atoms with Gasteiger partial charge in [0.25, 0.3) is 5.91 Å². The molecule has 1 aromatic heterocycles. The van der Waals surface area contributed by atoms with E-state index < -0.39 is 0 Å². The van der Waals surface area contributed by atoms with Crippen molar-refractivity contribution in [2.45, 2.75) is 47.1 Å². The Hall–Kier alpha value is -2.64. The normalized spacial score (nSPS) is 11.7. The van der Waals surface area contributed by atoms with Crippen molar-refractivity contribution in [2.75, 3.05) is 0 Å². The summed E-state index contributed by atoms with van der Waals surface area (Å²) in [5.74, 6) is 2.54. The summed E-state index contributed by atoms with van der Waals surface area (Å²) >= 11 is 1.52. The lowest BCUT2D eigenvalue weighted by atomic mass is 9.97. The first-order valence-corrected chi connectivity index (χ1v) is 9.94. The summed E-state index contributed by atoms with van der Waals surface area (Å²) in [5.41, 5.74) is 6.84. The number of nitrogens with zero attached hydrogens (tertiary/aromatic N) is 2. The third-order valence-electron chi connectivity index (χ3n) is 4.79. The number of rotatable bonds is 4. The van der Waals surface area contributed by atoms with Crippen molar-refractivity contribution in [1.82, 2.24) is 4.57 Å². The molecule has 0 bridgehead atoms. The van der Waals surface area contributed by atoms with E-state index in [4.69, 9.17) is 6.42 Å². The zero-order chi connectivity index (χ0) is 19.6. The van der Waals surface area contributed by atoms with Crippen molar-refractivity contribution in [2.24, 2.45) is 4.99 Å². The predicted octanol–water partition coefficient (Wildman–Crippen LogP) is 4.49. The Labute approximate surface area is 164 Å². The van der Waals surface area contributed by atoms with Crippen LogP contribution < -0.4 is 4.80 Å². The Morgan fingerprint density at radius 1 is 1.19 bits per heavy atom. The number of carbonyl (C=O) groups excluding carboxylic acids is 1. The van der Waals surface area contributed by atoms with Crippen LogP contribution in [0.4, 0.5) is 0 Å². The number of aryl methyl sites for hydroxylation is 4. The number of hydrogen-bond acceptors (Lipinski definition) is 2. The highest BCUT2D eigenvalue weighted by Crippen LogP contribution is 2.20. The molecule has 1 heterocycles. The van der Waals surface area contributed by atoms with E-state index in [0.29, 0.717) is 17.8 Å². The fourth-order valence-corrected chi connectivity index (χ4v) is 4.56. The third kappa shape index (κ3) is 4.04. The number of terminal acetylenes is 1. The van der Waals surface area contributed by atoms with Gasteiger partial charge >= 0.3 is 0 Å². The number of amides is 1. The summed E-state index contributed by atoms with van der Waals surface area (Å²) in [5, 5.41) is 0. The highest BCUT2D eigenvalue weighted by Gasteiger charge is 2.11. The van der Waals surface area contributed by atoms with Crippen molar-refractivity contribution >= 4 is 27.5 Å². The van der Waals surface area contributed by atoms with Crippen LogP contribution in [0.15, 0.2) is 35.3 Å². The Morgan fingerprint density at radius 2 is 1.89 bits per heavy atom. The van der Waals surface area contributed by atoms with Crippen molar-refractivity contribution in [3.8, 4) is 12.3 Å². The molecule has 0 aliphatic carbocycles. The van der Waals surface area contributed by atoms with Crippen LogP contribution in [0, 0.1) is 33.1 Å². The second-order valence-electron chi connectivity index (χ2n) is 6.89. The lowest BCUT2D eigenvalue weighted by Gasteiger charge is -2.09. The van der Waals surface area contributed by atoms with Gasteiger partial charge in [-0.15, -0.1) is 6.42 Å². The molecule has 0 N–H and O–H groups in total. The fourth-order valence-electron chi connectivity index (χ4n) is 3.45. The Kier molecular flexibility index (Phi) is 5.62. The van der Waals surface area contributed by atoms with Crippen LogP contribution in [0.2, 0.25) is 0 Å². The molecule has 0 fully saturated rings. The molecule has 0 unspecified atom stereocenters. The highest BCUT2D eigenvalue weighted by molar-refractivity contribution is 7.16. The summed E-state index contributed by atoms with van der Waals surface area (Å²) in [7, 11) is 0. The largest absolute Gasteiger partial charge is 0.305 e. The van der Waals surface area contributed by atoms with Gasteiger partial charge < -0.3 is 4.57 Å². The van der Waals surface area contributed by atoms with Gasteiger partial charge in [0.05, 0.1) is 23.2 Å². The summed E-state index contributed by atoms with van der Waals surface area (Å²) < 4.78 is 3.06. The molecule has 1 amide bonds. The highest BCUT2D eigenvalue weighted by atomic mass is 32.1. The lowest BCUT2D eigenvalue weighted by molar-refractivity contribution is -0.117. The molecule has 4 heteroatoms. The van der Waals surface area contributed by atoms with Gasteiger partial charge in [0, 0.05) is 0 Å². The molecule has 0 saturated carbocycles. The lowest BCUT2D eigenvalue weighted by Crippen LogP contribution is -2.17. The summed E-state index contributed by atoms with van der Waals surface area (Å²) in [6.07, 6.45) is 6.83. The number of fused-ring (bicyclic) bond motifs is 1. The van der Waals surface area contributed by atoms with Crippen molar-refractivity contribution in [3.05, 3.63) is 63.0 Å². The van der Waals surface area contributed by atoms with Gasteiger partial charge in [-0.2, -0.15) is 4.99 Å². The van der Waals surface area contributed by atoms with Crippen LogP contribution in [0.1, 0.15) is 34.7 Å². The first kappa shape index (κ1) is 19.1. The molecule has 3 nitrogen and oxygen atoms in total. The molecular formula is C23H24N2OS. The van der Waals surface area contributed by atoms with E-state index in [9.17, 15) is 4.79 Å². The van der Waals surface area contributed by atoms with Gasteiger partial charge in [0.15, 0.2) is 4.80 Å². The van der Waals surface area contributed by atoms with Crippen LogP contribution in [-0.2, 0) is 24.2 Å².